The van der Waals surface area contributed by atoms with Gasteiger partial charge in [0.2, 0.25) is 5.75 Å². The van der Waals surface area contributed by atoms with Gasteiger partial charge in [0.15, 0.2) is 11.6 Å². The molecule has 0 spiro atoms. The van der Waals surface area contributed by atoms with E-state index in [1.54, 1.807) is 36.4 Å². The number of hydrogen-bond donors (Lipinski definition) is 0. The molecule has 4 rings (SSSR count). The second-order valence-electron chi connectivity index (χ2n) is 9.84. The Morgan fingerprint density at radius 2 is 1.34 bits per heavy atom. The summed E-state index contributed by atoms with van der Waals surface area (Å²) in [5, 5.41) is 0.999. The minimum Gasteiger partial charge on any atom is -0.493 e. The average Bonchev–Trinajstić information content (AvgIpc) is 2.92. The lowest BCUT2D eigenvalue weighted by Crippen LogP contribution is -2.19. The fourth-order valence-corrected chi connectivity index (χ4v) is 4.63. The Labute approximate surface area is 233 Å². The average molecular weight is 579 g/mol. The van der Waals surface area contributed by atoms with Gasteiger partial charge >= 0.3 is 6.36 Å². The van der Waals surface area contributed by atoms with E-state index in [1.807, 2.05) is 6.07 Å². The van der Waals surface area contributed by atoms with Gasteiger partial charge in [-0.1, -0.05) is 56.2 Å². The molecular formula is C32H29F7O2. The maximum absolute atomic E-state index is 15.2. The molecule has 0 fully saturated rings. The summed E-state index contributed by atoms with van der Waals surface area (Å²) in [6.07, 6.45) is -1.12. The van der Waals surface area contributed by atoms with Crippen LogP contribution in [0.2, 0.25) is 0 Å². The quantitative estimate of drug-likeness (QED) is 0.123. The van der Waals surface area contributed by atoms with Crippen molar-refractivity contribution in [1.82, 2.24) is 0 Å². The van der Waals surface area contributed by atoms with E-state index in [0.717, 1.165) is 37.0 Å². The lowest BCUT2D eigenvalue weighted by atomic mass is 9.97. The van der Waals surface area contributed by atoms with Crippen LogP contribution in [-0.4, -0.2) is 13.0 Å². The van der Waals surface area contributed by atoms with Gasteiger partial charge in [0.1, 0.15) is 17.4 Å². The molecule has 9 heteroatoms. The summed E-state index contributed by atoms with van der Waals surface area (Å²) in [7, 11) is 0. The smallest absolute Gasteiger partial charge is 0.493 e. The molecule has 0 heterocycles. The SMILES string of the molecule is CCCCCOc1ccc(CCc2ccc3c(F)c(CCc4cc(F)c(OC(F)(F)F)c(F)c4)ccc3c2)c(F)c1. The highest BCUT2D eigenvalue weighted by atomic mass is 19.4. The number of rotatable bonds is 12. The van der Waals surface area contributed by atoms with Crippen LogP contribution in [-0.2, 0) is 25.7 Å². The lowest BCUT2D eigenvalue weighted by molar-refractivity contribution is -0.276. The molecule has 0 N–H and O–H groups in total. The fourth-order valence-electron chi connectivity index (χ4n) is 4.63. The van der Waals surface area contributed by atoms with E-state index in [2.05, 4.69) is 11.7 Å². The summed E-state index contributed by atoms with van der Waals surface area (Å²) in [4.78, 5) is 0. The second-order valence-corrected chi connectivity index (χ2v) is 9.84. The van der Waals surface area contributed by atoms with E-state index in [1.165, 1.54) is 6.07 Å². The minimum absolute atomic E-state index is 0.00518. The molecule has 0 atom stereocenters. The van der Waals surface area contributed by atoms with Crippen molar-refractivity contribution in [2.75, 3.05) is 6.61 Å². The normalized spacial score (nSPS) is 11.7. The van der Waals surface area contributed by atoms with Crippen LogP contribution in [0.5, 0.6) is 11.5 Å². The Kier molecular flexibility index (Phi) is 9.78. The zero-order valence-electron chi connectivity index (χ0n) is 22.4. The van der Waals surface area contributed by atoms with Crippen molar-refractivity contribution in [1.29, 1.82) is 0 Å². The number of alkyl halides is 3. The van der Waals surface area contributed by atoms with Gasteiger partial charge in [-0.3, -0.25) is 0 Å². The van der Waals surface area contributed by atoms with E-state index < -0.39 is 29.6 Å². The summed E-state index contributed by atoms with van der Waals surface area (Å²) < 4.78 is 104. The van der Waals surface area contributed by atoms with Crippen LogP contribution in [0.25, 0.3) is 10.8 Å². The highest BCUT2D eigenvalue weighted by molar-refractivity contribution is 5.84. The van der Waals surface area contributed by atoms with Crippen LogP contribution in [0.4, 0.5) is 30.7 Å². The molecular weight excluding hydrogens is 549 g/mol. The first-order valence-corrected chi connectivity index (χ1v) is 13.4. The molecule has 0 unspecified atom stereocenters. The van der Waals surface area contributed by atoms with Gasteiger partial charge in [-0.2, -0.15) is 0 Å². The predicted octanol–water partition coefficient (Wildman–Crippen LogP) is 9.43. The number of benzene rings is 4. The van der Waals surface area contributed by atoms with Crippen LogP contribution in [0.1, 0.15) is 48.4 Å². The van der Waals surface area contributed by atoms with Crippen LogP contribution < -0.4 is 9.47 Å². The maximum atomic E-state index is 15.2. The highest BCUT2D eigenvalue weighted by Gasteiger charge is 2.34. The van der Waals surface area contributed by atoms with Gasteiger partial charge in [0.05, 0.1) is 6.61 Å². The van der Waals surface area contributed by atoms with E-state index in [0.29, 0.717) is 47.1 Å². The third kappa shape index (κ3) is 8.15. The zero-order valence-corrected chi connectivity index (χ0v) is 22.4. The van der Waals surface area contributed by atoms with Gasteiger partial charge in [-0.15, -0.1) is 13.2 Å². The van der Waals surface area contributed by atoms with E-state index >= 15 is 4.39 Å². The molecule has 41 heavy (non-hydrogen) atoms. The third-order valence-electron chi connectivity index (χ3n) is 6.78. The van der Waals surface area contributed by atoms with Gasteiger partial charge in [0.25, 0.3) is 0 Å². The van der Waals surface area contributed by atoms with Crippen molar-refractivity contribution in [2.24, 2.45) is 0 Å². The molecule has 0 radical (unpaired) electrons. The summed E-state index contributed by atoms with van der Waals surface area (Å²) in [5.74, 6) is -4.84. The van der Waals surface area contributed by atoms with Crippen molar-refractivity contribution >= 4 is 10.8 Å². The van der Waals surface area contributed by atoms with Crippen molar-refractivity contribution in [3.63, 3.8) is 0 Å². The standard InChI is InChI=1S/C32H29F7O2/c1-2-3-4-15-40-25-13-12-22(27(33)19-25)8-5-20-7-14-26-24(16-20)11-10-23(30(26)36)9-6-21-17-28(34)31(29(35)18-21)41-32(37,38)39/h7,10-14,16-19H,2-6,8-9,15H2,1H3. The molecule has 4 aromatic rings. The molecule has 0 aliphatic heterocycles. The topological polar surface area (TPSA) is 18.5 Å². The van der Waals surface area contributed by atoms with Crippen LogP contribution >= 0.6 is 0 Å². The van der Waals surface area contributed by atoms with Crippen LogP contribution in [0.15, 0.2) is 60.7 Å². The molecule has 0 saturated carbocycles. The molecule has 218 valence electrons. The largest absolute Gasteiger partial charge is 0.573 e. The second kappa shape index (κ2) is 13.3. The number of unbranched alkanes of at least 4 members (excludes halogenated alkanes) is 2. The predicted molar refractivity (Wildman–Crippen MR) is 143 cm³/mol. The first-order valence-electron chi connectivity index (χ1n) is 13.4. The minimum atomic E-state index is -5.23. The zero-order chi connectivity index (χ0) is 29.6. The van der Waals surface area contributed by atoms with Crippen molar-refractivity contribution in [3.8, 4) is 11.5 Å². The number of hydrogen-bond acceptors (Lipinski definition) is 2. The van der Waals surface area contributed by atoms with E-state index in [-0.39, 0.29) is 24.2 Å². The van der Waals surface area contributed by atoms with Crippen molar-refractivity contribution < 1.29 is 40.2 Å². The van der Waals surface area contributed by atoms with Crippen LogP contribution in [0, 0.1) is 23.3 Å². The Morgan fingerprint density at radius 1 is 0.659 bits per heavy atom. The first-order chi connectivity index (χ1) is 19.5. The molecule has 4 aromatic carbocycles. The molecule has 0 amide bonds. The first kappa shape index (κ1) is 30.2. The number of ether oxygens (including phenoxy) is 2. The Hall–Kier alpha value is -3.75. The van der Waals surface area contributed by atoms with Crippen molar-refractivity contribution in [3.05, 3.63) is 106 Å². The third-order valence-corrected chi connectivity index (χ3v) is 6.78. The molecule has 0 aliphatic carbocycles. The highest BCUT2D eigenvalue weighted by Crippen LogP contribution is 2.30. The summed E-state index contributed by atoms with van der Waals surface area (Å²) in [6, 6.07) is 14.9. The number of halogens is 7. The molecule has 2 nitrogen and oxygen atoms in total. The molecule has 0 aromatic heterocycles. The maximum Gasteiger partial charge on any atom is 0.573 e. The Bertz CT molecular complexity index is 1470. The molecule has 0 bridgehead atoms. The van der Waals surface area contributed by atoms with Crippen molar-refractivity contribution in [2.45, 2.75) is 58.2 Å². The molecule has 0 saturated heterocycles. The summed E-state index contributed by atoms with van der Waals surface area (Å²) in [6.45, 7) is 2.65. The Morgan fingerprint density at radius 3 is 2.02 bits per heavy atom. The van der Waals surface area contributed by atoms with Gasteiger partial charge in [-0.25, -0.2) is 17.6 Å². The Balaban J connectivity index is 1.39. The van der Waals surface area contributed by atoms with E-state index in [9.17, 15) is 26.3 Å². The van der Waals surface area contributed by atoms with Crippen LogP contribution in [0.3, 0.4) is 0 Å². The monoisotopic (exact) mass is 578 g/mol. The van der Waals surface area contributed by atoms with Gasteiger partial charge in [-0.05, 0) is 77.9 Å². The number of fused-ring (bicyclic) bond motifs is 1. The molecule has 0 aliphatic rings. The summed E-state index contributed by atoms with van der Waals surface area (Å²) in [5.41, 5.74) is 1.81. The van der Waals surface area contributed by atoms with Gasteiger partial charge in [0, 0.05) is 11.5 Å². The van der Waals surface area contributed by atoms with Gasteiger partial charge < -0.3 is 9.47 Å². The van der Waals surface area contributed by atoms with E-state index in [4.69, 9.17) is 4.74 Å². The fraction of sp³-hybridized carbons (Fsp3) is 0.312. The number of aryl methyl sites for hydroxylation is 4. The summed E-state index contributed by atoms with van der Waals surface area (Å²) >= 11 is 0. The lowest BCUT2D eigenvalue weighted by Gasteiger charge is -2.12.